The lowest BCUT2D eigenvalue weighted by Gasteiger charge is -2.19. The van der Waals surface area contributed by atoms with Crippen molar-refractivity contribution < 1.29 is 0 Å². The van der Waals surface area contributed by atoms with Crippen molar-refractivity contribution in [3.63, 3.8) is 0 Å². The SMILES string of the molecule is N#Cc1ccc(-n2c3ccccc3c3c4ccccc4ccc32)c(-n2c3ccccc3c3cc(-c4ccc(-c5cc6ccccc6c6c5c5ccccc5n6-c5ccc(C#N)c(C#N)c5-n5c6ccccc6c6ccccc65)cc4)ccc32)c1C#N. The van der Waals surface area contributed by atoms with Crippen molar-refractivity contribution in [3.8, 4) is 69.3 Å². The molecule has 17 aromatic rings. The van der Waals surface area contributed by atoms with E-state index in [0.29, 0.717) is 33.6 Å². The average molecular weight is 1090 g/mol. The molecule has 394 valence electrons. The van der Waals surface area contributed by atoms with E-state index in [1.165, 1.54) is 0 Å². The minimum absolute atomic E-state index is 0.303. The van der Waals surface area contributed by atoms with Crippen LogP contribution >= 0.6 is 0 Å². The topological polar surface area (TPSA) is 115 Å². The molecule has 8 heteroatoms. The van der Waals surface area contributed by atoms with Crippen LogP contribution in [0.3, 0.4) is 0 Å². The van der Waals surface area contributed by atoms with Crippen LogP contribution in [-0.4, -0.2) is 18.3 Å². The third kappa shape index (κ3) is 6.70. The second-order valence-corrected chi connectivity index (χ2v) is 21.9. The molecule has 0 aliphatic rings. The van der Waals surface area contributed by atoms with E-state index in [-0.39, 0.29) is 0 Å². The zero-order chi connectivity index (χ0) is 57.3. The van der Waals surface area contributed by atoms with Gasteiger partial charge in [0.2, 0.25) is 0 Å². The summed E-state index contributed by atoms with van der Waals surface area (Å²) in [6.45, 7) is 0. The fourth-order valence-electron chi connectivity index (χ4n) is 14.1. The van der Waals surface area contributed by atoms with E-state index in [0.717, 1.165) is 142 Å². The summed E-state index contributed by atoms with van der Waals surface area (Å²) in [6.07, 6.45) is 0. The first-order valence-corrected chi connectivity index (χ1v) is 28.5. The normalized spacial score (nSPS) is 11.7. The van der Waals surface area contributed by atoms with Crippen molar-refractivity contribution in [2.75, 3.05) is 0 Å². The summed E-state index contributed by atoms with van der Waals surface area (Å²) < 4.78 is 8.91. The second-order valence-electron chi connectivity index (χ2n) is 21.9. The van der Waals surface area contributed by atoms with E-state index in [1.54, 1.807) is 12.1 Å². The zero-order valence-corrected chi connectivity index (χ0v) is 45.8. The van der Waals surface area contributed by atoms with Gasteiger partial charge in [-0.2, -0.15) is 21.0 Å². The Kier molecular flexibility index (Phi) is 10.4. The Morgan fingerprint density at radius 2 is 0.674 bits per heavy atom. The van der Waals surface area contributed by atoms with E-state index in [4.69, 9.17) is 0 Å². The lowest BCUT2D eigenvalue weighted by Crippen LogP contribution is -2.07. The van der Waals surface area contributed by atoms with Crippen LogP contribution in [0.5, 0.6) is 0 Å². The Morgan fingerprint density at radius 3 is 1.24 bits per heavy atom. The summed E-state index contributed by atoms with van der Waals surface area (Å²) in [4.78, 5) is 0. The smallest absolute Gasteiger partial charge is 0.103 e. The van der Waals surface area contributed by atoms with Crippen molar-refractivity contribution in [2.24, 2.45) is 0 Å². The van der Waals surface area contributed by atoms with E-state index >= 15 is 0 Å². The maximum absolute atomic E-state index is 11.2. The molecular weight excluding hydrogens is 1050 g/mol. The van der Waals surface area contributed by atoms with Crippen LogP contribution in [0.2, 0.25) is 0 Å². The monoisotopic (exact) mass is 1090 g/mol. The molecule has 0 saturated heterocycles. The number of hydrogen-bond acceptors (Lipinski definition) is 4. The summed E-state index contributed by atoms with van der Waals surface area (Å²) >= 11 is 0. The highest BCUT2D eigenvalue weighted by molar-refractivity contribution is 6.25. The molecule has 0 fully saturated rings. The van der Waals surface area contributed by atoms with Crippen molar-refractivity contribution in [1.29, 1.82) is 21.0 Å². The van der Waals surface area contributed by atoms with Crippen LogP contribution in [0.1, 0.15) is 22.3 Å². The molecule has 0 bridgehead atoms. The van der Waals surface area contributed by atoms with E-state index in [1.807, 2.05) is 42.5 Å². The predicted octanol–water partition coefficient (Wildman–Crippen LogP) is 19.2. The third-order valence-corrected chi connectivity index (χ3v) is 17.7. The molecule has 0 unspecified atom stereocenters. The molecule has 4 aromatic heterocycles. The van der Waals surface area contributed by atoms with Gasteiger partial charge in [0.25, 0.3) is 0 Å². The van der Waals surface area contributed by atoms with Gasteiger partial charge in [-0.1, -0.05) is 176 Å². The van der Waals surface area contributed by atoms with Gasteiger partial charge in [0, 0.05) is 48.5 Å². The number of fused-ring (bicyclic) bond motifs is 16. The maximum atomic E-state index is 11.2. The first-order valence-electron chi connectivity index (χ1n) is 28.5. The van der Waals surface area contributed by atoms with Crippen LogP contribution in [0, 0.1) is 45.3 Å². The number of aromatic nitrogens is 4. The second kappa shape index (κ2) is 18.5. The summed E-state index contributed by atoms with van der Waals surface area (Å²) in [6, 6.07) is 98.0. The molecule has 8 nitrogen and oxygen atoms in total. The van der Waals surface area contributed by atoms with Crippen LogP contribution in [-0.2, 0) is 0 Å². The van der Waals surface area contributed by atoms with E-state index in [2.05, 4.69) is 243 Å². The number of nitrogens with zero attached hydrogens (tertiary/aromatic N) is 8. The molecule has 4 heterocycles. The summed E-state index contributed by atoms with van der Waals surface area (Å²) in [5.41, 5.74) is 15.9. The van der Waals surface area contributed by atoms with Gasteiger partial charge in [-0.05, 0) is 117 Å². The first kappa shape index (κ1) is 48.3. The molecule has 0 aliphatic heterocycles. The van der Waals surface area contributed by atoms with Crippen molar-refractivity contribution in [1.82, 2.24) is 18.3 Å². The average Bonchev–Trinajstić information content (AvgIpc) is 1.63. The molecule has 0 radical (unpaired) electrons. The third-order valence-electron chi connectivity index (χ3n) is 17.7. The summed E-state index contributed by atoms with van der Waals surface area (Å²) in [5, 5.41) is 56.5. The molecule has 0 saturated carbocycles. The predicted molar refractivity (Wildman–Crippen MR) is 349 cm³/mol. The Balaban J connectivity index is 0.854. The molecule has 17 rings (SSSR count). The Bertz CT molecular complexity index is 5960. The molecule has 0 N–H and O–H groups in total. The quantitative estimate of drug-likeness (QED) is 0.165. The fraction of sp³-hybridized carbons (Fsp3) is 0. The van der Waals surface area contributed by atoms with Crippen molar-refractivity contribution in [3.05, 3.63) is 277 Å². The van der Waals surface area contributed by atoms with Gasteiger partial charge in [0.15, 0.2) is 0 Å². The molecule has 0 atom stereocenters. The van der Waals surface area contributed by atoms with Gasteiger partial charge in [0.1, 0.15) is 24.3 Å². The number of para-hydroxylation sites is 5. The lowest BCUT2D eigenvalue weighted by atomic mass is 9.93. The van der Waals surface area contributed by atoms with Crippen molar-refractivity contribution in [2.45, 2.75) is 0 Å². The van der Waals surface area contributed by atoms with Crippen LogP contribution < -0.4 is 0 Å². The van der Waals surface area contributed by atoms with Gasteiger partial charge in [-0.3, -0.25) is 0 Å². The standard InChI is InChI=1S/C78H42N8/c79-43-52-35-39-72(83-68-27-13-8-22-59(68)74-54-17-3-1-15-48(54)33-38-71(74)83)76(63(52)45-81)85-67-26-12-7-21-58(67)62-41-50(34-37-70(62)85)47-29-31-49(32-30-47)61-42-51-16-2-4-18-55(51)78-75(61)60-23-9-14-28-69(60)86(78)73-40-36-53(44-80)64(46-82)77(73)84-65-24-10-5-19-56(65)57-20-6-11-25-66(57)84/h1-42H. The van der Waals surface area contributed by atoms with Gasteiger partial charge in [0.05, 0.1) is 89.1 Å². The Hall–Kier alpha value is -12.5. The minimum atomic E-state index is 0.303. The Morgan fingerprint density at radius 1 is 0.256 bits per heavy atom. The minimum Gasteiger partial charge on any atom is -0.307 e. The van der Waals surface area contributed by atoms with Crippen LogP contribution in [0.25, 0.3) is 154 Å². The molecule has 86 heavy (non-hydrogen) atoms. The van der Waals surface area contributed by atoms with E-state index < -0.39 is 0 Å². The zero-order valence-electron chi connectivity index (χ0n) is 45.8. The highest BCUT2D eigenvalue weighted by Gasteiger charge is 2.28. The lowest BCUT2D eigenvalue weighted by molar-refractivity contribution is 1.08. The molecule has 13 aromatic carbocycles. The van der Waals surface area contributed by atoms with E-state index in [9.17, 15) is 21.0 Å². The largest absolute Gasteiger partial charge is 0.307 e. The molecule has 0 aliphatic carbocycles. The number of benzene rings is 13. The Labute approximate surface area is 491 Å². The van der Waals surface area contributed by atoms with Gasteiger partial charge in [-0.25, -0.2) is 0 Å². The molecule has 0 amide bonds. The van der Waals surface area contributed by atoms with Gasteiger partial charge < -0.3 is 18.3 Å². The van der Waals surface area contributed by atoms with Crippen molar-refractivity contribution >= 4 is 109 Å². The highest BCUT2D eigenvalue weighted by atomic mass is 15.1. The number of nitriles is 4. The summed E-state index contributed by atoms with van der Waals surface area (Å²) in [7, 11) is 0. The van der Waals surface area contributed by atoms with Crippen LogP contribution in [0.4, 0.5) is 0 Å². The molecular formula is C78H42N8. The highest BCUT2D eigenvalue weighted by Crippen LogP contribution is 2.47. The summed E-state index contributed by atoms with van der Waals surface area (Å²) in [5.74, 6) is 0. The van der Waals surface area contributed by atoms with Gasteiger partial charge >= 0.3 is 0 Å². The molecule has 0 spiro atoms. The van der Waals surface area contributed by atoms with Gasteiger partial charge in [-0.15, -0.1) is 0 Å². The fourth-order valence-corrected chi connectivity index (χ4v) is 14.1. The maximum Gasteiger partial charge on any atom is 0.103 e. The first-order chi connectivity index (χ1) is 42.5. The number of hydrogen-bond donors (Lipinski definition) is 0. The number of rotatable bonds is 6. The van der Waals surface area contributed by atoms with Crippen LogP contribution in [0.15, 0.2) is 255 Å².